The Bertz CT molecular complexity index is 360. The second kappa shape index (κ2) is 4.77. The summed E-state index contributed by atoms with van der Waals surface area (Å²) in [5, 5.41) is 2.75. The second-order valence-electron chi connectivity index (χ2n) is 6.71. The van der Waals surface area contributed by atoms with Crippen molar-refractivity contribution in [2.45, 2.75) is 64.9 Å². The van der Waals surface area contributed by atoms with Gasteiger partial charge in [0.2, 0.25) is 5.91 Å². The van der Waals surface area contributed by atoms with Crippen LogP contribution in [0.25, 0.3) is 0 Å². The van der Waals surface area contributed by atoms with E-state index in [0.717, 1.165) is 0 Å². The van der Waals surface area contributed by atoms with Crippen LogP contribution >= 0.6 is 0 Å². The van der Waals surface area contributed by atoms with Gasteiger partial charge in [-0.05, 0) is 32.0 Å². The van der Waals surface area contributed by atoms with Crippen LogP contribution < -0.4 is 5.32 Å². The van der Waals surface area contributed by atoms with E-state index in [1.54, 1.807) is 0 Å². The summed E-state index contributed by atoms with van der Waals surface area (Å²) in [7, 11) is -1.90. The van der Waals surface area contributed by atoms with Gasteiger partial charge in [0.05, 0.1) is 12.0 Å². The van der Waals surface area contributed by atoms with Gasteiger partial charge < -0.3 is 9.74 Å². The molecule has 1 saturated heterocycles. The van der Waals surface area contributed by atoms with Crippen LogP contribution in [-0.4, -0.2) is 32.2 Å². The summed E-state index contributed by atoms with van der Waals surface area (Å²) >= 11 is 0. The third kappa shape index (κ3) is 2.83. The largest absolute Gasteiger partial charge is 0.413 e. The minimum absolute atomic E-state index is 0.00489. The standard InChI is InChI=1S/C13H25NO3Si/c1-8(15)11-10(12(16)14-11)9(2)17-18(6,7)13(3,4)5/h9-11H,1-7H3,(H,14,16)/t9-,10-,11+/m0/s1. The third-order valence-electron chi connectivity index (χ3n) is 4.19. The van der Waals surface area contributed by atoms with Crippen LogP contribution in [0, 0.1) is 5.92 Å². The first-order valence-corrected chi connectivity index (χ1v) is 9.37. The summed E-state index contributed by atoms with van der Waals surface area (Å²) in [4.78, 5) is 23.0. The first-order chi connectivity index (χ1) is 7.97. The number of nitrogens with one attached hydrogen (secondary N) is 1. The van der Waals surface area contributed by atoms with Gasteiger partial charge in [0.1, 0.15) is 6.04 Å². The predicted octanol–water partition coefficient (Wildman–Crippen LogP) is 2.10. The van der Waals surface area contributed by atoms with E-state index in [9.17, 15) is 9.59 Å². The quantitative estimate of drug-likeness (QED) is 0.629. The highest BCUT2D eigenvalue weighted by molar-refractivity contribution is 6.74. The zero-order valence-corrected chi connectivity index (χ0v) is 13.5. The molecular weight excluding hydrogens is 246 g/mol. The van der Waals surface area contributed by atoms with Crippen molar-refractivity contribution in [3.63, 3.8) is 0 Å². The molecule has 4 nitrogen and oxygen atoms in total. The molecular formula is C13H25NO3Si. The molecule has 0 radical (unpaired) electrons. The Kier molecular flexibility index (Phi) is 4.08. The minimum atomic E-state index is -1.90. The topological polar surface area (TPSA) is 55.4 Å². The van der Waals surface area contributed by atoms with E-state index in [2.05, 4.69) is 39.2 Å². The van der Waals surface area contributed by atoms with Crippen molar-refractivity contribution in [1.82, 2.24) is 5.32 Å². The fourth-order valence-electron chi connectivity index (χ4n) is 1.95. The molecule has 0 bridgehead atoms. The van der Waals surface area contributed by atoms with Gasteiger partial charge in [-0.1, -0.05) is 20.8 Å². The van der Waals surface area contributed by atoms with E-state index >= 15 is 0 Å². The van der Waals surface area contributed by atoms with Crippen LogP contribution in [0.5, 0.6) is 0 Å². The Morgan fingerprint density at radius 1 is 1.39 bits per heavy atom. The number of hydrogen-bond donors (Lipinski definition) is 1. The molecule has 0 saturated carbocycles. The predicted molar refractivity (Wildman–Crippen MR) is 73.8 cm³/mol. The fourth-order valence-corrected chi connectivity index (χ4v) is 3.38. The van der Waals surface area contributed by atoms with Gasteiger partial charge in [-0.15, -0.1) is 0 Å². The number of carbonyl (C=O) groups is 2. The highest BCUT2D eigenvalue weighted by atomic mass is 28.4. The normalized spacial score (nSPS) is 26.3. The van der Waals surface area contributed by atoms with E-state index in [-0.39, 0.29) is 34.8 Å². The lowest BCUT2D eigenvalue weighted by atomic mass is 9.84. The van der Waals surface area contributed by atoms with Gasteiger partial charge >= 0.3 is 0 Å². The Hall–Kier alpha value is -0.683. The molecule has 104 valence electrons. The van der Waals surface area contributed by atoms with Crippen LogP contribution in [0.2, 0.25) is 18.1 Å². The number of β-lactam (4-membered cyclic amide) rings is 1. The maximum absolute atomic E-state index is 11.6. The number of ketones is 1. The molecule has 1 aliphatic rings. The number of amides is 1. The zero-order valence-electron chi connectivity index (χ0n) is 12.5. The maximum Gasteiger partial charge on any atom is 0.228 e. The van der Waals surface area contributed by atoms with Crippen molar-refractivity contribution >= 4 is 20.0 Å². The molecule has 3 atom stereocenters. The Morgan fingerprint density at radius 2 is 1.89 bits per heavy atom. The molecule has 5 heteroatoms. The molecule has 1 heterocycles. The molecule has 0 aliphatic carbocycles. The summed E-state index contributed by atoms with van der Waals surface area (Å²) in [6.45, 7) is 14.2. The average molecular weight is 271 g/mol. The molecule has 1 fully saturated rings. The van der Waals surface area contributed by atoms with Crippen molar-refractivity contribution in [3.8, 4) is 0 Å². The van der Waals surface area contributed by atoms with Crippen LogP contribution in [-0.2, 0) is 14.0 Å². The molecule has 1 rings (SSSR count). The fraction of sp³-hybridized carbons (Fsp3) is 0.846. The highest BCUT2D eigenvalue weighted by Gasteiger charge is 2.48. The lowest BCUT2D eigenvalue weighted by Crippen LogP contribution is -2.66. The first-order valence-electron chi connectivity index (χ1n) is 6.46. The van der Waals surface area contributed by atoms with Gasteiger partial charge in [0.25, 0.3) is 0 Å². The van der Waals surface area contributed by atoms with Crippen LogP contribution in [0.1, 0.15) is 34.6 Å². The highest BCUT2D eigenvalue weighted by Crippen LogP contribution is 2.38. The molecule has 0 aromatic rings. The Labute approximate surface area is 111 Å². The smallest absolute Gasteiger partial charge is 0.228 e. The van der Waals surface area contributed by atoms with Gasteiger partial charge in [-0.25, -0.2) is 0 Å². The summed E-state index contributed by atoms with van der Waals surface area (Å²) in [6.07, 6.45) is -0.200. The molecule has 1 N–H and O–H groups in total. The number of rotatable bonds is 4. The molecule has 0 aromatic carbocycles. The van der Waals surface area contributed by atoms with Crippen molar-refractivity contribution in [1.29, 1.82) is 0 Å². The maximum atomic E-state index is 11.6. The zero-order chi connectivity index (χ0) is 14.3. The van der Waals surface area contributed by atoms with Gasteiger partial charge in [0, 0.05) is 0 Å². The summed E-state index contributed by atoms with van der Waals surface area (Å²) in [5.41, 5.74) is 0. The van der Waals surface area contributed by atoms with E-state index in [0.29, 0.717) is 0 Å². The summed E-state index contributed by atoms with van der Waals surface area (Å²) in [5.74, 6) is -0.386. The molecule has 1 aliphatic heterocycles. The number of hydrogen-bond acceptors (Lipinski definition) is 3. The van der Waals surface area contributed by atoms with Gasteiger partial charge in [0.15, 0.2) is 14.1 Å². The van der Waals surface area contributed by atoms with E-state index in [1.807, 2.05) is 6.92 Å². The molecule has 18 heavy (non-hydrogen) atoms. The van der Waals surface area contributed by atoms with Crippen molar-refractivity contribution in [3.05, 3.63) is 0 Å². The van der Waals surface area contributed by atoms with Crippen LogP contribution in [0.3, 0.4) is 0 Å². The Morgan fingerprint density at radius 3 is 2.22 bits per heavy atom. The van der Waals surface area contributed by atoms with E-state index < -0.39 is 8.32 Å². The monoisotopic (exact) mass is 271 g/mol. The minimum Gasteiger partial charge on any atom is -0.413 e. The first kappa shape index (κ1) is 15.4. The molecule has 0 unspecified atom stereocenters. The van der Waals surface area contributed by atoms with Crippen molar-refractivity contribution in [2.75, 3.05) is 0 Å². The van der Waals surface area contributed by atoms with Crippen LogP contribution in [0.4, 0.5) is 0 Å². The lowest BCUT2D eigenvalue weighted by Gasteiger charge is -2.44. The SMILES string of the molecule is CC(=O)[C@H]1NC(=O)[C@H]1[C@H](C)O[Si](C)(C)C(C)(C)C. The third-order valence-corrected chi connectivity index (χ3v) is 8.76. The lowest BCUT2D eigenvalue weighted by molar-refractivity contribution is -0.146. The summed E-state index contributed by atoms with van der Waals surface area (Å²) < 4.78 is 6.18. The van der Waals surface area contributed by atoms with Crippen molar-refractivity contribution < 1.29 is 14.0 Å². The van der Waals surface area contributed by atoms with E-state index in [4.69, 9.17) is 4.43 Å². The number of Topliss-reactive ketones (excluding diaryl/α,β-unsaturated/α-hetero) is 1. The average Bonchev–Trinajstić information content (AvgIpc) is 2.10. The van der Waals surface area contributed by atoms with Crippen LogP contribution in [0.15, 0.2) is 0 Å². The summed E-state index contributed by atoms with van der Waals surface area (Å²) in [6, 6.07) is -0.364. The molecule has 1 amide bonds. The van der Waals surface area contributed by atoms with Crippen molar-refractivity contribution in [2.24, 2.45) is 5.92 Å². The number of carbonyl (C=O) groups excluding carboxylic acids is 2. The van der Waals surface area contributed by atoms with Gasteiger partial charge in [-0.2, -0.15) is 0 Å². The van der Waals surface area contributed by atoms with E-state index in [1.165, 1.54) is 6.92 Å². The molecule has 0 aromatic heterocycles. The molecule has 0 spiro atoms. The Balaban J connectivity index is 2.74. The second-order valence-corrected chi connectivity index (χ2v) is 11.5. The van der Waals surface area contributed by atoms with Gasteiger partial charge in [-0.3, -0.25) is 9.59 Å².